The second kappa shape index (κ2) is 4.91. The van der Waals surface area contributed by atoms with Crippen molar-refractivity contribution in [1.82, 2.24) is 14.5 Å². The van der Waals surface area contributed by atoms with Gasteiger partial charge in [0.25, 0.3) is 0 Å². The number of nitrogens with zero attached hydrogens (tertiary/aromatic N) is 3. The van der Waals surface area contributed by atoms with E-state index in [4.69, 9.17) is 0 Å². The maximum absolute atomic E-state index is 12.3. The SMILES string of the molecule is CCCn1ccnc1C(=O)c1cccnc1C. The summed E-state index contributed by atoms with van der Waals surface area (Å²) in [5.74, 6) is 0.428. The molecule has 0 aromatic carbocycles. The van der Waals surface area contributed by atoms with Crippen molar-refractivity contribution in [2.45, 2.75) is 26.8 Å². The van der Waals surface area contributed by atoms with Crippen LogP contribution in [0.4, 0.5) is 0 Å². The average molecular weight is 229 g/mol. The Morgan fingerprint density at radius 1 is 1.35 bits per heavy atom. The standard InChI is InChI=1S/C13H15N3O/c1-3-8-16-9-7-15-13(16)12(17)11-5-4-6-14-10(11)2/h4-7,9H,3,8H2,1-2H3. The lowest BCUT2D eigenvalue weighted by atomic mass is 10.1. The molecule has 0 unspecified atom stereocenters. The first kappa shape index (κ1) is 11.5. The number of hydrogen-bond donors (Lipinski definition) is 0. The third-order valence-corrected chi connectivity index (χ3v) is 2.63. The van der Waals surface area contributed by atoms with Gasteiger partial charge in [0.1, 0.15) is 0 Å². The lowest BCUT2D eigenvalue weighted by molar-refractivity contribution is 0.102. The van der Waals surface area contributed by atoms with Crippen LogP contribution in [0.3, 0.4) is 0 Å². The van der Waals surface area contributed by atoms with Gasteiger partial charge in [-0.1, -0.05) is 6.92 Å². The molecule has 0 aliphatic carbocycles. The van der Waals surface area contributed by atoms with Crippen molar-refractivity contribution in [3.63, 3.8) is 0 Å². The van der Waals surface area contributed by atoms with Gasteiger partial charge in [0.15, 0.2) is 5.82 Å². The number of aryl methyl sites for hydroxylation is 2. The predicted octanol–water partition coefficient (Wildman–Crippen LogP) is 2.23. The van der Waals surface area contributed by atoms with Crippen LogP contribution in [0.1, 0.15) is 35.2 Å². The third kappa shape index (κ3) is 2.25. The van der Waals surface area contributed by atoms with E-state index in [1.807, 2.05) is 17.7 Å². The van der Waals surface area contributed by atoms with E-state index in [0.717, 1.165) is 18.7 Å². The molecule has 0 amide bonds. The second-order valence-electron chi connectivity index (χ2n) is 3.91. The fraction of sp³-hybridized carbons (Fsp3) is 0.308. The molecule has 0 saturated heterocycles. The van der Waals surface area contributed by atoms with Crippen LogP contribution < -0.4 is 0 Å². The maximum Gasteiger partial charge on any atom is 0.230 e. The minimum Gasteiger partial charge on any atom is -0.328 e. The van der Waals surface area contributed by atoms with E-state index < -0.39 is 0 Å². The first-order chi connectivity index (χ1) is 8.24. The van der Waals surface area contributed by atoms with Crippen LogP contribution in [0.25, 0.3) is 0 Å². The highest BCUT2D eigenvalue weighted by molar-refractivity contribution is 6.07. The first-order valence-electron chi connectivity index (χ1n) is 5.71. The second-order valence-corrected chi connectivity index (χ2v) is 3.91. The van der Waals surface area contributed by atoms with Gasteiger partial charge in [-0.15, -0.1) is 0 Å². The highest BCUT2D eigenvalue weighted by Gasteiger charge is 2.16. The molecule has 2 heterocycles. The Hall–Kier alpha value is -1.97. The molecule has 0 saturated carbocycles. The van der Waals surface area contributed by atoms with Gasteiger partial charge in [0.2, 0.25) is 5.78 Å². The largest absolute Gasteiger partial charge is 0.328 e. The molecule has 4 nitrogen and oxygen atoms in total. The van der Waals surface area contributed by atoms with Crippen molar-refractivity contribution in [3.8, 4) is 0 Å². The Bertz CT molecular complexity index is 531. The Balaban J connectivity index is 2.37. The summed E-state index contributed by atoms with van der Waals surface area (Å²) < 4.78 is 1.88. The highest BCUT2D eigenvalue weighted by Crippen LogP contribution is 2.11. The highest BCUT2D eigenvalue weighted by atomic mass is 16.1. The van der Waals surface area contributed by atoms with Gasteiger partial charge < -0.3 is 4.57 Å². The molecule has 0 aliphatic rings. The molecule has 2 aromatic rings. The van der Waals surface area contributed by atoms with Crippen LogP contribution in [-0.4, -0.2) is 20.3 Å². The van der Waals surface area contributed by atoms with Crippen molar-refractivity contribution in [1.29, 1.82) is 0 Å². The monoisotopic (exact) mass is 229 g/mol. The van der Waals surface area contributed by atoms with Crippen LogP contribution in [0.5, 0.6) is 0 Å². The van der Waals surface area contributed by atoms with Gasteiger partial charge in [-0.2, -0.15) is 0 Å². The van der Waals surface area contributed by atoms with Gasteiger partial charge in [-0.05, 0) is 25.5 Å². The van der Waals surface area contributed by atoms with E-state index >= 15 is 0 Å². The molecule has 0 radical (unpaired) electrons. The van der Waals surface area contributed by atoms with Crippen LogP contribution in [0.15, 0.2) is 30.7 Å². The fourth-order valence-electron chi connectivity index (χ4n) is 1.78. The summed E-state index contributed by atoms with van der Waals surface area (Å²) in [5, 5.41) is 0. The smallest absolute Gasteiger partial charge is 0.230 e. The summed E-state index contributed by atoms with van der Waals surface area (Å²) in [4.78, 5) is 20.6. The van der Waals surface area contributed by atoms with E-state index in [9.17, 15) is 4.79 Å². The topological polar surface area (TPSA) is 47.8 Å². The molecule has 0 aliphatic heterocycles. The quantitative estimate of drug-likeness (QED) is 0.755. The van der Waals surface area contributed by atoms with Crippen molar-refractivity contribution < 1.29 is 4.79 Å². The van der Waals surface area contributed by atoms with Crippen molar-refractivity contribution in [2.24, 2.45) is 0 Å². The molecular formula is C13H15N3O. The number of carbonyl (C=O) groups is 1. The fourth-order valence-corrected chi connectivity index (χ4v) is 1.78. The zero-order valence-electron chi connectivity index (χ0n) is 10.1. The summed E-state index contributed by atoms with van der Waals surface area (Å²) in [7, 11) is 0. The van der Waals surface area contributed by atoms with E-state index in [2.05, 4.69) is 16.9 Å². The lowest BCUT2D eigenvalue weighted by Crippen LogP contribution is -2.12. The molecule has 4 heteroatoms. The molecule has 0 N–H and O–H groups in total. The molecule has 0 atom stereocenters. The number of imidazole rings is 1. The molecular weight excluding hydrogens is 214 g/mol. The van der Waals surface area contributed by atoms with E-state index in [1.54, 1.807) is 24.5 Å². The minimum absolute atomic E-state index is 0.0611. The van der Waals surface area contributed by atoms with E-state index in [0.29, 0.717) is 11.4 Å². The number of rotatable bonds is 4. The molecule has 0 spiro atoms. The van der Waals surface area contributed by atoms with E-state index in [-0.39, 0.29) is 5.78 Å². The Morgan fingerprint density at radius 3 is 2.88 bits per heavy atom. The summed E-state index contributed by atoms with van der Waals surface area (Å²) in [6.45, 7) is 4.71. The van der Waals surface area contributed by atoms with Gasteiger partial charge >= 0.3 is 0 Å². The normalized spacial score (nSPS) is 10.5. The predicted molar refractivity (Wildman–Crippen MR) is 64.9 cm³/mol. The van der Waals surface area contributed by atoms with Crippen LogP contribution in [0, 0.1) is 6.92 Å². The molecule has 2 aromatic heterocycles. The summed E-state index contributed by atoms with van der Waals surface area (Å²) in [6.07, 6.45) is 6.16. The lowest BCUT2D eigenvalue weighted by Gasteiger charge is -2.06. The number of ketones is 1. The van der Waals surface area contributed by atoms with Crippen molar-refractivity contribution in [3.05, 3.63) is 47.8 Å². The summed E-state index contributed by atoms with van der Waals surface area (Å²) >= 11 is 0. The number of hydrogen-bond acceptors (Lipinski definition) is 3. The van der Waals surface area contributed by atoms with Crippen LogP contribution in [0.2, 0.25) is 0 Å². The van der Waals surface area contributed by atoms with Crippen molar-refractivity contribution >= 4 is 5.78 Å². The average Bonchev–Trinajstić information content (AvgIpc) is 2.78. The Kier molecular flexibility index (Phi) is 3.32. The van der Waals surface area contributed by atoms with Crippen molar-refractivity contribution in [2.75, 3.05) is 0 Å². The Labute approximate surface area is 100 Å². The maximum atomic E-state index is 12.3. The number of aromatic nitrogens is 3. The number of pyridine rings is 1. The van der Waals surface area contributed by atoms with Crippen LogP contribution in [-0.2, 0) is 6.54 Å². The van der Waals surface area contributed by atoms with Gasteiger partial charge in [0, 0.05) is 36.4 Å². The molecule has 2 rings (SSSR count). The zero-order valence-corrected chi connectivity index (χ0v) is 10.1. The zero-order chi connectivity index (χ0) is 12.3. The van der Waals surface area contributed by atoms with Gasteiger partial charge in [0.05, 0.1) is 0 Å². The van der Waals surface area contributed by atoms with Crippen LogP contribution >= 0.6 is 0 Å². The minimum atomic E-state index is -0.0611. The third-order valence-electron chi connectivity index (χ3n) is 2.63. The molecule has 88 valence electrons. The first-order valence-corrected chi connectivity index (χ1v) is 5.71. The molecule has 17 heavy (non-hydrogen) atoms. The molecule has 0 bridgehead atoms. The molecule has 0 fully saturated rings. The number of carbonyl (C=O) groups excluding carboxylic acids is 1. The van der Waals surface area contributed by atoms with E-state index in [1.165, 1.54) is 0 Å². The van der Waals surface area contributed by atoms with Gasteiger partial charge in [-0.25, -0.2) is 4.98 Å². The summed E-state index contributed by atoms with van der Waals surface area (Å²) in [6, 6.07) is 3.56. The Morgan fingerprint density at radius 2 is 2.18 bits per heavy atom. The summed E-state index contributed by atoms with van der Waals surface area (Å²) in [5.41, 5.74) is 1.36. The van der Waals surface area contributed by atoms with Gasteiger partial charge in [-0.3, -0.25) is 9.78 Å².